The molecule has 7 heteroatoms. The van der Waals surface area contributed by atoms with Gasteiger partial charge < -0.3 is 19.6 Å². The van der Waals surface area contributed by atoms with Crippen LogP contribution in [0.2, 0.25) is 0 Å². The van der Waals surface area contributed by atoms with Gasteiger partial charge >= 0.3 is 0 Å². The van der Waals surface area contributed by atoms with Gasteiger partial charge in [-0.05, 0) is 24.6 Å². The van der Waals surface area contributed by atoms with E-state index in [1.54, 1.807) is 12.4 Å². The molecule has 150 valence electrons. The van der Waals surface area contributed by atoms with E-state index in [1.165, 1.54) is 5.69 Å². The van der Waals surface area contributed by atoms with Crippen LogP contribution in [0.5, 0.6) is 0 Å². The molecule has 5 rings (SSSR count). The number of hydrogen-bond donors (Lipinski definition) is 1. The Balaban J connectivity index is 1.50. The maximum absolute atomic E-state index is 9.52. The molecule has 29 heavy (non-hydrogen) atoms. The molecule has 4 heterocycles. The molecular formula is C22H25N5O2. The number of rotatable bonds is 4. The quantitative estimate of drug-likeness (QED) is 0.732. The van der Waals surface area contributed by atoms with Crippen molar-refractivity contribution in [3.05, 3.63) is 42.7 Å². The Morgan fingerprint density at radius 1 is 1.00 bits per heavy atom. The average molecular weight is 391 g/mol. The topological polar surface area (TPSA) is 74.6 Å². The van der Waals surface area contributed by atoms with Gasteiger partial charge in [-0.3, -0.25) is 4.98 Å². The molecule has 2 saturated heterocycles. The second kappa shape index (κ2) is 7.93. The van der Waals surface area contributed by atoms with Crippen LogP contribution in [0.15, 0.2) is 42.7 Å². The van der Waals surface area contributed by atoms with E-state index in [9.17, 15) is 5.11 Å². The summed E-state index contributed by atoms with van der Waals surface area (Å²) in [7, 11) is 0. The van der Waals surface area contributed by atoms with Crippen LogP contribution in [-0.2, 0) is 4.74 Å². The number of morpholine rings is 1. The van der Waals surface area contributed by atoms with E-state index in [0.717, 1.165) is 73.9 Å². The first-order valence-corrected chi connectivity index (χ1v) is 10.2. The lowest BCUT2D eigenvalue weighted by Crippen LogP contribution is -2.36. The minimum Gasteiger partial charge on any atom is -0.396 e. The molecule has 1 unspecified atom stereocenters. The van der Waals surface area contributed by atoms with Crippen molar-refractivity contribution >= 4 is 22.5 Å². The van der Waals surface area contributed by atoms with Crippen LogP contribution in [0, 0.1) is 5.92 Å². The molecule has 2 fully saturated rings. The normalized spacial score (nSPS) is 19.8. The minimum atomic E-state index is 0.211. The molecule has 2 aliphatic rings. The van der Waals surface area contributed by atoms with Gasteiger partial charge in [-0.2, -0.15) is 0 Å². The molecule has 1 aromatic carbocycles. The fourth-order valence-electron chi connectivity index (χ4n) is 4.16. The minimum absolute atomic E-state index is 0.211. The van der Waals surface area contributed by atoms with Gasteiger partial charge in [-0.15, -0.1) is 0 Å². The molecule has 1 N–H and O–H groups in total. The highest BCUT2D eigenvalue weighted by molar-refractivity contribution is 5.89. The summed E-state index contributed by atoms with van der Waals surface area (Å²) < 4.78 is 5.45. The molecule has 0 amide bonds. The third kappa shape index (κ3) is 3.63. The summed E-state index contributed by atoms with van der Waals surface area (Å²) in [6, 6.07) is 10.6. The zero-order valence-electron chi connectivity index (χ0n) is 16.4. The van der Waals surface area contributed by atoms with Crippen molar-refractivity contribution in [1.29, 1.82) is 0 Å². The first-order chi connectivity index (χ1) is 14.3. The Morgan fingerprint density at radius 3 is 2.55 bits per heavy atom. The third-order valence-electron chi connectivity index (χ3n) is 5.82. The summed E-state index contributed by atoms with van der Waals surface area (Å²) in [5.74, 6) is 1.15. The van der Waals surface area contributed by atoms with Gasteiger partial charge in [0, 0.05) is 62.3 Å². The number of aliphatic hydroxyl groups excluding tert-OH is 1. The zero-order valence-corrected chi connectivity index (χ0v) is 16.4. The number of hydrogen-bond acceptors (Lipinski definition) is 7. The molecule has 0 aliphatic carbocycles. The Kier molecular flexibility index (Phi) is 4.99. The standard InChI is InChI=1S/C22H25N5O2/c28-15-16-5-8-27(14-16)22-21-20(23-6-7-24-21)13-19(25-22)17-1-3-18(4-2-17)26-9-11-29-12-10-26/h1-4,6-7,13,16,28H,5,8-12,14-15H2. The van der Waals surface area contributed by atoms with Gasteiger partial charge in [0.05, 0.1) is 24.4 Å². The first kappa shape index (κ1) is 18.3. The number of fused-ring (bicyclic) bond motifs is 1. The first-order valence-electron chi connectivity index (χ1n) is 10.2. The Bertz CT molecular complexity index is 988. The van der Waals surface area contributed by atoms with E-state index in [2.05, 4.69) is 44.0 Å². The van der Waals surface area contributed by atoms with Gasteiger partial charge in [0.15, 0.2) is 5.82 Å². The molecule has 1 atom stereocenters. The van der Waals surface area contributed by atoms with Crippen molar-refractivity contribution < 1.29 is 9.84 Å². The smallest absolute Gasteiger partial charge is 0.157 e. The lowest BCUT2D eigenvalue weighted by atomic mass is 10.1. The van der Waals surface area contributed by atoms with Crippen LogP contribution in [0.1, 0.15) is 6.42 Å². The van der Waals surface area contributed by atoms with E-state index in [4.69, 9.17) is 9.72 Å². The molecule has 7 nitrogen and oxygen atoms in total. The molecule has 2 aromatic heterocycles. The summed E-state index contributed by atoms with van der Waals surface area (Å²) in [5.41, 5.74) is 4.84. The second-order valence-electron chi connectivity index (χ2n) is 7.68. The number of benzene rings is 1. The predicted molar refractivity (Wildman–Crippen MR) is 113 cm³/mol. The molecule has 2 aliphatic heterocycles. The van der Waals surface area contributed by atoms with Gasteiger partial charge in [-0.1, -0.05) is 12.1 Å². The number of nitrogens with zero attached hydrogens (tertiary/aromatic N) is 5. The maximum atomic E-state index is 9.52. The van der Waals surface area contributed by atoms with E-state index in [1.807, 2.05) is 6.07 Å². The average Bonchev–Trinajstić information content (AvgIpc) is 3.28. The predicted octanol–water partition coefficient (Wildman–Crippen LogP) is 2.35. The summed E-state index contributed by atoms with van der Waals surface area (Å²) in [6.07, 6.45) is 4.40. The van der Waals surface area contributed by atoms with Gasteiger partial charge in [-0.25, -0.2) is 9.97 Å². The monoisotopic (exact) mass is 391 g/mol. The highest BCUT2D eigenvalue weighted by atomic mass is 16.5. The Labute approximate surface area is 170 Å². The van der Waals surface area contributed by atoms with Crippen molar-refractivity contribution in [1.82, 2.24) is 15.0 Å². The highest BCUT2D eigenvalue weighted by Crippen LogP contribution is 2.31. The SMILES string of the molecule is OCC1CCN(c2nc(-c3ccc(N4CCOCC4)cc3)cc3nccnc23)C1. The molecule has 0 saturated carbocycles. The lowest BCUT2D eigenvalue weighted by molar-refractivity contribution is 0.122. The van der Waals surface area contributed by atoms with Crippen LogP contribution in [0.3, 0.4) is 0 Å². The summed E-state index contributed by atoms with van der Waals surface area (Å²) in [5, 5.41) is 9.52. The van der Waals surface area contributed by atoms with Crippen LogP contribution >= 0.6 is 0 Å². The number of aromatic nitrogens is 3. The number of anilines is 2. The van der Waals surface area contributed by atoms with Crippen LogP contribution in [0.4, 0.5) is 11.5 Å². The number of pyridine rings is 1. The molecular weight excluding hydrogens is 366 g/mol. The maximum Gasteiger partial charge on any atom is 0.157 e. The zero-order chi connectivity index (χ0) is 19.6. The third-order valence-corrected chi connectivity index (χ3v) is 5.82. The molecule has 3 aromatic rings. The van der Waals surface area contributed by atoms with E-state index >= 15 is 0 Å². The van der Waals surface area contributed by atoms with Gasteiger partial charge in [0.25, 0.3) is 0 Å². The van der Waals surface area contributed by atoms with Crippen molar-refractivity contribution in [3.63, 3.8) is 0 Å². The number of aliphatic hydroxyl groups is 1. The van der Waals surface area contributed by atoms with E-state index in [0.29, 0.717) is 5.92 Å². The van der Waals surface area contributed by atoms with Gasteiger partial charge in [0.1, 0.15) is 5.52 Å². The van der Waals surface area contributed by atoms with Crippen LogP contribution < -0.4 is 9.80 Å². The van der Waals surface area contributed by atoms with Crippen molar-refractivity contribution in [2.45, 2.75) is 6.42 Å². The highest BCUT2D eigenvalue weighted by Gasteiger charge is 2.25. The Morgan fingerprint density at radius 2 is 1.79 bits per heavy atom. The van der Waals surface area contributed by atoms with Crippen LogP contribution in [-0.4, -0.2) is 66.1 Å². The fourth-order valence-corrected chi connectivity index (χ4v) is 4.16. The van der Waals surface area contributed by atoms with Crippen molar-refractivity contribution in [2.75, 3.05) is 55.8 Å². The fraction of sp³-hybridized carbons (Fsp3) is 0.409. The largest absolute Gasteiger partial charge is 0.396 e. The second-order valence-corrected chi connectivity index (χ2v) is 7.68. The van der Waals surface area contributed by atoms with Crippen LogP contribution in [0.25, 0.3) is 22.3 Å². The van der Waals surface area contributed by atoms with E-state index < -0.39 is 0 Å². The molecule has 0 radical (unpaired) electrons. The number of ether oxygens (including phenoxy) is 1. The summed E-state index contributed by atoms with van der Waals surface area (Å²) in [4.78, 5) is 18.6. The molecule has 0 spiro atoms. The molecule has 0 bridgehead atoms. The van der Waals surface area contributed by atoms with Crippen molar-refractivity contribution in [2.24, 2.45) is 5.92 Å². The van der Waals surface area contributed by atoms with E-state index in [-0.39, 0.29) is 6.61 Å². The lowest BCUT2D eigenvalue weighted by Gasteiger charge is -2.29. The van der Waals surface area contributed by atoms with Gasteiger partial charge in [0.2, 0.25) is 0 Å². The van der Waals surface area contributed by atoms with Crippen molar-refractivity contribution in [3.8, 4) is 11.3 Å². The summed E-state index contributed by atoms with van der Waals surface area (Å²) >= 11 is 0. The summed E-state index contributed by atoms with van der Waals surface area (Å²) in [6.45, 7) is 5.30. The Hall–Kier alpha value is -2.77.